The number of fused-ring (bicyclic) bond motifs is 1. The predicted octanol–water partition coefficient (Wildman–Crippen LogP) is 4.76. The van der Waals surface area contributed by atoms with Crippen LogP contribution in [0, 0.1) is 6.92 Å². The van der Waals surface area contributed by atoms with Gasteiger partial charge in [-0.15, -0.1) is 11.3 Å². The Labute approximate surface area is 190 Å². The number of carboxylic acid groups (broad SMARTS) is 2. The summed E-state index contributed by atoms with van der Waals surface area (Å²) >= 11 is 7.49. The van der Waals surface area contributed by atoms with Crippen LogP contribution >= 0.6 is 22.9 Å². The first-order valence-electron chi connectivity index (χ1n) is 9.36. The first-order chi connectivity index (χ1) is 15.2. The Morgan fingerprint density at radius 2 is 1.72 bits per heavy atom. The second-order valence-electron chi connectivity index (χ2n) is 7.03. The van der Waals surface area contributed by atoms with Crippen molar-refractivity contribution in [1.29, 1.82) is 0 Å². The van der Waals surface area contributed by atoms with Crippen LogP contribution < -0.4 is 5.32 Å². The molecule has 2 aromatic carbocycles. The first kappa shape index (κ1) is 21.5. The minimum atomic E-state index is -1.29. The van der Waals surface area contributed by atoms with Crippen molar-refractivity contribution >= 4 is 56.7 Å². The number of aromatic nitrogens is 2. The second-order valence-corrected chi connectivity index (χ2v) is 8.47. The zero-order valence-electron chi connectivity index (χ0n) is 16.6. The number of carboxylic acids is 2. The summed E-state index contributed by atoms with van der Waals surface area (Å²) in [5.74, 6) is -3.06. The van der Waals surface area contributed by atoms with Gasteiger partial charge in [-0.25, -0.2) is 9.59 Å². The molecule has 0 bridgehead atoms. The van der Waals surface area contributed by atoms with Gasteiger partial charge in [0.15, 0.2) is 0 Å². The van der Waals surface area contributed by atoms with Gasteiger partial charge in [-0.2, -0.15) is 5.10 Å². The van der Waals surface area contributed by atoms with Crippen molar-refractivity contribution in [2.75, 3.05) is 5.32 Å². The van der Waals surface area contributed by atoms with Gasteiger partial charge in [-0.05, 0) is 42.8 Å². The van der Waals surface area contributed by atoms with Gasteiger partial charge >= 0.3 is 11.9 Å². The molecule has 0 saturated carbocycles. The van der Waals surface area contributed by atoms with Crippen LogP contribution in [0.4, 0.5) is 5.69 Å². The molecule has 0 radical (unpaired) electrons. The van der Waals surface area contributed by atoms with E-state index in [1.54, 1.807) is 16.8 Å². The highest BCUT2D eigenvalue weighted by Gasteiger charge is 2.19. The van der Waals surface area contributed by atoms with Gasteiger partial charge in [0.25, 0.3) is 5.91 Å². The number of amides is 1. The monoisotopic (exact) mass is 469 g/mol. The van der Waals surface area contributed by atoms with E-state index in [1.807, 2.05) is 25.1 Å². The Morgan fingerprint density at radius 1 is 1.06 bits per heavy atom. The Kier molecular flexibility index (Phi) is 5.68. The summed E-state index contributed by atoms with van der Waals surface area (Å²) < 4.78 is 1.78. The van der Waals surface area contributed by atoms with Crippen molar-refractivity contribution < 1.29 is 24.6 Å². The fourth-order valence-corrected chi connectivity index (χ4v) is 4.51. The van der Waals surface area contributed by atoms with Crippen LogP contribution in [0.3, 0.4) is 0 Å². The van der Waals surface area contributed by atoms with Crippen molar-refractivity contribution in [2.24, 2.45) is 0 Å². The number of benzene rings is 2. The summed E-state index contributed by atoms with van der Waals surface area (Å²) in [6, 6.07) is 12.6. The highest BCUT2D eigenvalue weighted by atomic mass is 35.5. The number of carbonyl (C=O) groups excluding carboxylic acids is 1. The average Bonchev–Trinajstić information content (AvgIpc) is 3.31. The lowest BCUT2D eigenvalue weighted by molar-refractivity contribution is 0.0696. The van der Waals surface area contributed by atoms with Crippen molar-refractivity contribution in [2.45, 2.75) is 13.5 Å². The Morgan fingerprint density at radius 3 is 2.34 bits per heavy atom. The van der Waals surface area contributed by atoms with Gasteiger partial charge in [0.2, 0.25) is 0 Å². The van der Waals surface area contributed by atoms with Crippen LogP contribution in [-0.2, 0) is 6.54 Å². The number of halogens is 1. The van der Waals surface area contributed by atoms with Crippen molar-refractivity contribution in [1.82, 2.24) is 9.78 Å². The van der Waals surface area contributed by atoms with E-state index in [0.29, 0.717) is 16.4 Å². The molecule has 0 aliphatic rings. The van der Waals surface area contributed by atoms with Gasteiger partial charge in [0.05, 0.1) is 28.2 Å². The molecular weight excluding hydrogens is 454 g/mol. The van der Waals surface area contributed by atoms with E-state index in [0.717, 1.165) is 27.5 Å². The molecule has 0 aliphatic carbocycles. The maximum Gasteiger partial charge on any atom is 0.335 e. The summed E-state index contributed by atoms with van der Waals surface area (Å²) in [5.41, 5.74) is 1.26. The van der Waals surface area contributed by atoms with Gasteiger partial charge < -0.3 is 15.5 Å². The number of thiophene rings is 1. The van der Waals surface area contributed by atoms with Gasteiger partial charge in [0.1, 0.15) is 4.83 Å². The number of aryl methyl sites for hydroxylation is 1. The summed E-state index contributed by atoms with van der Waals surface area (Å²) in [5, 5.41) is 27.0. The van der Waals surface area contributed by atoms with E-state index in [4.69, 9.17) is 11.6 Å². The molecule has 8 nitrogen and oxygen atoms in total. The minimum Gasteiger partial charge on any atom is -0.478 e. The average molecular weight is 470 g/mol. The molecule has 0 unspecified atom stereocenters. The quantitative estimate of drug-likeness (QED) is 0.374. The molecular formula is C22H16ClN3O5S. The predicted molar refractivity (Wildman–Crippen MR) is 121 cm³/mol. The third-order valence-electron chi connectivity index (χ3n) is 4.79. The number of hydrogen-bond acceptors (Lipinski definition) is 5. The summed E-state index contributed by atoms with van der Waals surface area (Å²) in [7, 11) is 0. The summed E-state index contributed by atoms with van der Waals surface area (Å²) in [4.78, 5) is 36.6. The number of rotatable bonds is 6. The summed E-state index contributed by atoms with van der Waals surface area (Å²) in [6.07, 6.45) is 0. The van der Waals surface area contributed by atoms with Crippen LogP contribution in [0.5, 0.6) is 0 Å². The minimum absolute atomic E-state index is 0.0826. The molecule has 32 heavy (non-hydrogen) atoms. The number of nitrogens with zero attached hydrogens (tertiary/aromatic N) is 2. The Hall–Kier alpha value is -3.69. The Balaban J connectivity index is 1.65. The van der Waals surface area contributed by atoms with Crippen LogP contribution in [-0.4, -0.2) is 37.8 Å². The number of nitrogens with one attached hydrogen (secondary N) is 1. The number of anilines is 1. The molecule has 162 valence electrons. The van der Waals surface area contributed by atoms with Crippen LogP contribution in [0.15, 0.2) is 48.5 Å². The molecule has 1 amide bonds. The van der Waals surface area contributed by atoms with Crippen LogP contribution in [0.2, 0.25) is 5.02 Å². The highest BCUT2D eigenvalue weighted by Crippen LogP contribution is 2.30. The lowest BCUT2D eigenvalue weighted by Gasteiger charge is -2.07. The Bertz CT molecular complexity index is 1360. The fourth-order valence-electron chi connectivity index (χ4n) is 3.26. The van der Waals surface area contributed by atoms with E-state index in [2.05, 4.69) is 10.4 Å². The molecule has 0 atom stereocenters. The van der Waals surface area contributed by atoms with Gasteiger partial charge in [-0.3, -0.25) is 9.48 Å². The molecule has 0 aliphatic heterocycles. The molecule has 0 fully saturated rings. The van der Waals surface area contributed by atoms with Crippen LogP contribution in [0.25, 0.3) is 10.2 Å². The second kappa shape index (κ2) is 8.45. The normalized spacial score (nSPS) is 10.9. The largest absolute Gasteiger partial charge is 0.478 e. The zero-order valence-corrected chi connectivity index (χ0v) is 18.2. The molecule has 4 rings (SSSR count). The SMILES string of the molecule is Cc1nn(Cc2ccccc2Cl)c2sc(C(=O)Nc3cc(C(=O)O)cc(C(=O)O)c3)cc12. The van der Waals surface area contributed by atoms with E-state index < -0.39 is 17.8 Å². The molecule has 2 aromatic heterocycles. The third kappa shape index (κ3) is 4.20. The number of hydrogen-bond donors (Lipinski definition) is 3. The lowest BCUT2D eigenvalue weighted by Crippen LogP contribution is -2.12. The third-order valence-corrected chi connectivity index (χ3v) is 6.31. The molecule has 2 heterocycles. The van der Waals surface area contributed by atoms with Crippen molar-refractivity contribution in [3.05, 3.63) is 80.8 Å². The van der Waals surface area contributed by atoms with Crippen molar-refractivity contribution in [3.8, 4) is 0 Å². The topological polar surface area (TPSA) is 122 Å². The molecule has 0 saturated heterocycles. The standard InChI is InChI=1S/C22H16ClN3O5S/c1-11-16-9-18(32-20(16)26(25-11)10-12-4-2-3-5-17(12)23)19(27)24-15-7-13(21(28)29)6-14(8-15)22(30)31/h2-9H,10H2,1H3,(H,24,27)(H,28,29)(H,30,31). The highest BCUT2D eigenvalue weighted by molar-refractivity contribution is 7.20. The zero-order chi connectivity index (χ0) is 23.0. The molecule has 4 aromatic rings. The van der Waals surface area contributed by atoms with E-state index in [1.165, 1.54) is 23.5 Å². The maximum atomic E-state index is 12.8. The van der Waals surface area contributed by atoms with Crippen molar-refractivity contribution in [3.63, 3.8) is 0 Å². The number of aromatic carboxylic acids is 2. The van der Waals surface area contributed by atoms with Crippen LogP contribution in [0.1, 0.15) is 41.6 Å². The van der Waals surface area contributed by atoms with E-state index in [-0.39, 0.29) is 16.8 Å². The molecule has 10 heteroatoms. The summed E-state index contributed by atoms with van der Waals surface area (Å²) in [6.45, 7) is 2.28. The van der Waals surface area contributed by atoms with Gasteiger partial charge in [0, 0.05) is 16.1 Å². The molecule has 3 N–H and O–H groups in total. The van der Waals surface area contributed by atoms with E-state index in [9.17, 15) is 24.6 Å². The van der Waals surface area contributed by atoms with Gasteiger partial charge in [-0.1, -0.05) is 29.8 Å². The maximum absolute atomic E-state index is 12.8. The van der Waals surface area contributed by atoms with E-state index >= 15 is 0 Å². The smallest absolute Gasteiger partial charge is 0.335 e. The fraction of sp³-hybridized carbons (Fsp3) is 0.0909. The first-order valence-corrected chi connectivity index (χ1v) is 10.6. The molecule has 0 spiro atoms. The lowest BCUT2D eigenvalue weighted by atomic mass is 10.1. The number of carbonyl (C=O) groups is 3.